The fourth-order valence-corrected chi connectivity index (χ4v) is 2.10. The third kappa shape index (κ3) is 2.83. The molecule has 8 heteroatoms. The maximum atomic E-state index is 10.4. The Bertz CT molecular complexity index is 641. The Morgan fingerprint density at radius 1 is 1.41 bits per heavy atom. The van der Waals surface area contributed by atoms with Crippen LogP contribution < -0.4 is 0 Å². The van der Waals surface area contributed by atoms with E-state index in [1.807, 2.05) is 13.8 Å². The lowest BCUT2D eigenvalue weighted by Gasteiger charge is -2.26. The van der Waals surface area contributed by atoms with Crippen LogP contribution in [0.1, 0.15) is 19.5 Å². The normalized spacial score (nSPS) is 32.4. The predicted octanol–water partition coefficient (Wildman–Crippen LogP) is -1.50. The van der Waals surface area contributed by atoms with Crippen LogP contribution in [0.15, 0.2) is 12.5 Å². The lowest BCUT2D eigenvalue weighted by Crippen LogP contribution is -2.45. The summed E-state index contributed by atoms with van der Waals surface area (Å²) in [6, 6.07) is 1.77. The zero-order valence-electron chi connectivity index (χ0n) is 12.1. The van der Waals surface area contributed by atoms with Gasteiger partial charge in [-0.3, -0.25) is 4.57 Å². The molecule has 8 nitrogen and oxygen atoms in total. The number of aromatic nitrogens is 2. The number of nitriles is 1. The first kappa shape index (κ1) is 16.4. The van der Waals surface area contributed by atoms with E-state index in [1.54, 1.807) is 6.07 Å². The van der Waals surface area contributed by atoms with Crippen LogP contribution in [0.3, 0.4) is 0 Å². The Labute approximate surface area is 127 Å². The lowest BCUT2D eigenvalue weighted by molar-refractivity contribution is -0.291. The zero-order valence-corrected chi connectivity index (χ0v) is 12.1. The van der Waals surface area contributed by atoms with E-state index in [0.29, 0.717) is 0 Å². The molecule has 1 unspecified atom stereocenters. The second-order valence-corrected chi connectivity index (χ2v) is 5.34. The van der Waals surface area contributed by atoms with Crippen LogP contribution >= 0.6 is 0 Å². The molecule has 1 aliphatic rings. The topological polar surface area (TPSA) is 132 Å². The monoisotopic (exact) mass is 307 g/mol. The number of hydrogen-bond donors (Lipinski definition) is 4. The number of rotatable bonds is 2. The number of nitrogens with zero attached hydrogens (tertiary/aromatic N) is 3. The lowest BCUT2D eigenvalue weighted by atomic mass is 10.0. The molecule has 22 heavy (non-hydrogen) atoms. The average Bonchev–Trinajstić information content (AvgIpc) is 3.05. The molecule has 0 amide bonds. The van der Waals surface area contributed by atoms with Crippen LogP contribution in [0, 0.1) is 29.1 Å². The Morgan fingerprint density at radius 2 is 2.09 bits per heavy atom. The van der Waals surface area contributed by atoms with Gasteiger partial charge in [0, 0.05) is 12.1 Å². The summed E-state index contributed by atoms with van der Waals surface area (Å²) in [6.07, 6.45) is -3.75. The third-order valence-electron chi connectivity index (χ3n) is 3.25. The van der Waals surface area contributed by atoms with Gasteiger partial charge >= 0.3 is 0 Å². The highest BCUT2D eigenvalue weighted by molar-refractivity contribution is 5.17. The molecule has 0 spiro atoms. The summed E-state index contributed by atoms with van der Waals surface area (Å²) < 4.78 is 6.19. The Kier molecular flexibility index (Phi) is 4.52. The summed E-state index contributed by atoms with van der Waals surface area (Å²) in [4.78, 5) is 3.69. The van der Waals surface area contributed by atoms with Crippen LogP contribution in [0.5, 0.6) is 0 Å². The molecule has 0 bridgehead atoms. The van der Waals surface area contributed by atoms with Crippen molar-refractivity contribution in [2.24, 2.45) is 5.92 Å². The molecule has 1 aromatic rings. The van der Waals surface area contributed by atoms with Crippen LogP contribution in [0.25, 0.3) is 0 Å². The van der Waals surface area contributed by atoms with Crippen LogP contribution in [0.4, 0.5) is 0 Å². The molecule has 4 N–H and O–H groups in total. The van der Waals surface area contributed by atoms with Gasteiger partial charge in [-0.15, -0.1) is 0 Å². The molecular weight excluding hydrogens is 290 g/mol. The second kappa shape index (κ2) is 6.05. The van der Waals surface area contributed by atoms with Crippen molar-refractivity contribution in [1.29, 1.82) is 5.26 Å². The maximum Gasteiger partial charge on any atom is 0.284 e. The van der Waals surface area contributed by atoms with Gasteiger partial charge in [-0.05, 0) is 0 Å². The van der Waals surface area contributed by atoms with Crippen molar-refractivity contribution in [1.82, 2.24) is 9.55 Å². The number of hydrogen-bond acceptors (Lipinski definition) is 7. The minimum absolute atomic E-state index is 0.00214. The van der Waals surface area contributed by atoms with E-state index in [2.05, 4.69) is 16.8 Å². The molecule has 0 saturated carbocycles. The summed E-state index contributed by atoms with van der Waals surface area (Å²) in [5, 5.41) is 49.2. The quantitative estimate of drug-likeness (QED) is 0.489. The smallest absolute Gasteiger partial charge is 0.284 e. The molecule has 0 aliphatic carbocycles. The van der Waals surface area contributed by atoms with Gasteiger partial charge in [-0.2, -0.15) is 5.26 Å². The molecule has 5 atom stereocenters. The SMILES string of the molecule is CC(C)C#CC(O)[C@H]1O[C@@](O)(n2cnc(C#N)c2)[C@H](O)[C@@H]1O. The fourth-order valence-electron chi connectivity index (χ4n) is 2.10. The molecule has 0 aromatic carbocycles. The molecule has 1 aliphatic heterocycles. The van der Waals surface area contributed by atoms with Gasteiger partial charge in [0.05, 0.1) is 0 Å². The molecule has 1 fully saturated rings. The van der Waals surface area contributed by atoms with Crippen molar-refractivity contribution in [3.8, 4) is 17.9 Å². The Morgan fingerprint density at radius 3 is 2.64 bits per heavy atom. The summed E-state index contributed by atoms with van der Waals surface area (Å²) in [5.41, 5.74) is 0.00214. The van der Waals surface area contributed by atoms with E-state index in [0.717, 1.165) is 17.1 Å². The minimum Gasteiger partial charge on any atom is -0.387 e. The Hall–Kier alpha value is -1.94. The zero-order chi connectivity index (χ0) is 16.5. The Balaban J connectivity index is 2.26. The number of ether oxygens (including phenoxy) is 1. The van der Waals surface area contributed by atoms with Crippen molar-refractivity contribution in [3.63, 3.8) is 0 Å². The molecule has 118 valence electrons. The average molecular weight is 307 g/mol. The van der Waals surface area contributed by atoms with E-state index in [9.17, 15) is 20.4 Å². The highest BCUT2D eigenvalue weighted by Crippen LogP contribution is 2.34. The van der Waals surface area contributed by atoms with Gasteiger partial charge in [-0.25, -0.2) is 4.98 Å². The van der Waals surface area contributed by atoms with E-state index >= 15 is 0 Å². The van der Waals surface area contributed by atoms with Crippen molar-refractivity contribution >= 4 is 0 Å². The van der Waals surface area contributed by atoms with Crippen LogP contribution in [-0.2, 0) is 10.6 Å². The highest BCUT2D eigenvalue weighted by atomic mass is 16.7. The number of imidazole rings is 1. The van der Waals surface area contributed by atoms with Crippen LogP contribution in [0.2, 0.25) is 0 Å². The minimum atomic E-state index is -2.34. The van der Waals surface area contributed by atoms with E-state index in [1.165, 1.54) is 0 Å². The molecular formula is C14H17N3O5. The van der Waals surface area contributed by atoms with Crippen molar-refractivity contribution in [3.05, 3.63) is 18.2 Å². The first-order valence-corrected chi connectivity index (χ1v) is 6.69. The maximum absolute atomic E-state index is 10.4. The first-order chi connectivity index (χ1) is 10.3. The first-order valence-electron chi connectivity index (χ1n) is 6.69. The highest BCUT2D eigenvalue weighted by Gasteiger charge is 2.56. The van der Waals surface area contributed by atoms with Crippen molar-refractivity contribution in [2.45, 2.75) is 44.2 Å². The van der Waals surface area contributed by atoms with Gasteiger partial charge in [0.15, 0.2) is 11.8 Å². The molecule has 1 saturated heterocycles. The fraction of sp³-hybridized carbons (Fsp3) is 0.571. The van der Waals surface area contributed by atoms with Gasteiger partial charge < -0.3 is 25.2 Å². The van der Waals surface area contributed by atoms with Crippen molar-refractivity contribution in [2.75, 3.05) is 0 Å². The second-order valence-electron chi connectivity index (χ2n) is 5.34. The summed E-state index contributed by atoms with van der Waals surface area (Å²) in [5.74, 6) is 2.89. The van der Waals surface area contributed by atoms with E-state index in [4.69, 9.17) is 10.00 Å². The predicted molar refractivity (Wildman–Crippen MR) is 72.6 cm³/mol. The van der Waals surface area contributed by atoms with Crippen molar-refractivity contribution < 1.29 is 25.2 Å². The van der Waals surface area contributed by atoms with Crippen LogP contribution in [-0.4, -0.2) is 54.4 Å². The largest absolute Gasteiger partial charge is 0.387 e. The summed E-state index contributed by atoms with van der Waals surface area (Å²) >= 11 is 0. The van der Waals surface area contributed by atoms with Gasteiger partial charge in [-0.1, -0.05) is 25.7 Å². The number of aliphatic hydroxyl groups excluding tert-OH is 3. The summed E-state index contributed by atoms with van der Waals surface area (Å²) in [6.45, 7) is 3.65. The molecule has 2 rings (SSSR count). The molecule has 0 radical (unpaired) electrons. The van der Waals surface area contributed by atoms with Gasteiger partial charge in [0.25, 0.3) is 5.91 Å². The van der Waals surface area contributed by atoms with Gasteiger partial charge in [0.2, 0.25) is 0 Å². The standard InChI is InChI=1S/C14H17N3O5/c1-8(2)3-4-10(18)12-11(19)13(20)14(21,22-12)17-6-9(5-15)16-7-17/h6-8,10-13,18-21H,1-2H3/t10?,11-,12-,13-,14-/m1/s1. The van der Waals surface area contributed by atoms with Gasteiger partial charge in [0.1, 0.15) is 30.7 Å². The summed E-state index contributed by atoms with van der Waals surface area (Å²) in [7, 11) is 0. The number of aliphatic hydroxyl groups is 4. The third-order valence-corrected chi connectivity index (χ3v) is 3.25. The van der Waals surface area contributed by atoms with E-state index in [-0.39, 0.29) is 11.6 Å². The molecule has 2 heterocycles. The van der Waals surface area contributed by atoms with E-state index < -0.39 is 30.3 Å². The molecule has 1 aromatic heterocycles.